The smallest absolute Gasteiger partial charge is 0.343 e. The van der Waals surface area contributed by atoms with Crippen LogP contribution in [0.25, 0.3) is 6.08 Å². The first kappa shape index (κ1) is 24.7. The van der Waals surface area contributed by atoms with Gasteiger partial charge in [0.25, 0.3) is 11.8 Å². The predicted molar refractivity (Wildman–Crippen MR) is 148 cm³/mol. The highest BCUT2D eigenvalue weighted by Gasteiger charge is 2.43. The van der Waals surface area contributed by atoms with Crippen LogP contribution in [0.2, 0.25) is 0 Å². The van der Waals surface area contributed by atoms with E-state index in [0.717, 1.165) is 15.4 Å². The fourth-order valence-corrected chi connectivity index (χ4v) is 4.49. The molecule has 0 N–H and O–H groups in total. The zero-order chi connectivity index (χ0) is 26.6. The van der Waals surface area contributed by atoms with Crippen LogP contribution < -0.4 is 14.5 Å². The van der Waals surface area contributed by atoms with E-state index in [9.17, 15) is 14.4 Å². The fraction of sp³-hybridized carbons (Fsp3) is 0.0938. The average Bonchev–Trinajstić information content (AvgIpc) is 2.91. The van der Waals surface area contributed by atoms with Crippen LogP contribution in [0.3, 0.4) is 0 Å². The van der Waals surface area contributed by atoms with Crippen LogP contribution >= 0.6 is 0 Å². The van der Waals surface area contributed by atoms with Crippen molar-refractivity contribution in [1.82, 2.24) is 0 Å². The van der Waals surface area contributed by atoms with Crippen molar-refractivity contribution in [3.63, 3.8) is 0 Å². The number of hydrogen-bond acceptors (Lipinski definition) is 4. The Bertz CT molecular complexity index is 1440. The molecule has 0 atom stereocenters. The van der Waals surface area contributed by atoms with Gasteiger partial charge in [0.1, 0.15) is 17.9 Å². The van der Waals surface area contributed by atoms with Gasteiger partial charge in [0, 0.05) is 0 Å². The van der Waals surface area contributed by atoms with Crippen molar-refractivity contribution in [2.24, 2.45) is 0 Å². The van der Waals surface area contributed by atoms with Gasteiger partial charge in [0.2, 0.25) is 0 Å². The summed E-state index contributed by atoms with van der Waals surface area (Å²) in [5.41, 5.74) is 4.74. The zero-order valence-electron chi connectivity index (χ0n) is 21.1. The first-order valence-electron chi connectivity index (χ1n) is 12.3. The summed E-state index contributed by atoms with van der Waals surface area (Å²) in [6, 6.07) is 29.9. The molecule has 4 aromatic rings. The van der Waals surface area contributed by atoms with Gasteiger partial charge in [-0.3, -0.25) is 9.59 Å². The van der Waals surface area contributed by atoms with Gasteiger partial charge in [-0.15, -0.1) is 0 Å². The summed E-state index contributed by atoms with van der Waals surface area (Å²) in [5, 5.41) is 0. The third kappa shape index (κ3) is 5.11. The Labute approximate surface area is 221 Å². The lowest BCUT2D eigenvalue weighted by Gasteiger charge is -2.33. The summed E-state index contributed by atoms with van der Waals surface area (Å²) >= 11 is 0. The highest BCUT2D eigenvalue weighted by atomic mass is 16.5. The molecule has 0 saturated carbocycles. The zero-order valence-corrected chi connectivity index (χ0v) is 21.1. The van der Waals surface area contributed by atoms with Crippen molar-refractivity contribution in [2.75, 3.05) is 9.80 Å². The van der Waals surface area contributed by atoms with Crippen LogP contribution in [-0.2, 0) is 16.2 Å². The number of barbiturate groups is 1. The van der Waals surface area contributed by atoms with E-state index in [1.165, 1.54) is 17.2 Å². The molecule has 1 aliphatic rings. The largest absolute Gasteiger partial charge is 0.489 e. The topological polar surface area (TPSA) is 66.9 Å². The van der Waals surface area contributed by atoms with Gasteiger partial charge in [-0.25, -0.2) is 14.6 Å². The minimum Gasteiger partial charge on any atom is -0.489 e. The molecule has 1 fully saturated rings. The first-order chi connectivity index (χ1) is 18.4. The summed E-state index contributed by atoms with van der Waals surface area (Å²) in [6.07, 6.45) is 1.51. The molecule has 0 aliphatic carbocycles. The van der Waals surface area contributed by atoms with Crippen molar-refractivity contribution in [3.8, 4) is 5.75 Å². The number of aryl methyl sites for hydroxylation is 2. The number of para-hydroxylation sites is 2. The Hall–Kier alpha value is -4.97. The van der Waals surface area contributed by atoms with E-state index in [0.29, 0.717) is 29.3 Å². The minimum absolute atomic E-state index is 0.110. The number of carbonyl (C=O) groups excluding carboxylic acids is 3. The number of rotatable bonds is 6. The SMILES string of the molecule is Cc1cc(C)cc(COc2ccc(C=C3C(=O)N(c4ccccc4)C(=O)N(c4ccccc4)C3=O)cc2)c1. The number of benzene rings is 4. The van der Waals surface area contributed by atoms with Crippen LogP contribution in [0.1, 0.15) is 22.3 Å². The molecule has 0 aromatic heterocycles. The van der Waals surface area contributed by atoms with Crippen LogP contribution in [0, 0.1) is 13.8 Å². The Morgan fingerprint density at radius 1 is 0.658 bits per heavy atom. The van der Waals surface area contributed by atoms with Crippen molar-refractivity contribution < 1.29 is 19.1 Å². The van der Waals surface area contributed by atoms with Crippen molar-refractivity contribution >= 4 is 35.3 Å². The van der Waals surface area contributed by atoms with Gasteiger partial charge in [0.05, 0.1) is 11.4 Å². The minimum atomic E-state index is -0.718. The van der Waals surface area contributed by atoms with Crippen molar-refractivity contribution in [1.29, 1.82) is 0 Å². The molecule has 38 heavy (non-hydrogen) atoms. The quantitative estimate of drug-likeness (QED) is 0.224. The Morgan fingerprint density at radius 3 is 1.66 bits per heavy atom. The molecule has 6 heteroatoms. The number of urea groups is 1. The molecule has 1 aliphatic heterocycles. The molecule has 1 saturated heterocycles. The maximum atomic E-state index is 13.5. The van der Waals surface area contributed by atoms with Gasteiger partial charge in [-0.05, 0) is 67.4 Å². The highest BCUT2D eigenvalue weighted by molar-refractivity contribution is 6.46. The van der Waals surface area contributed by atoms with E-state index in [2.05, 4.69) is 32.0 Å². The third-order valence-corrected chi connectivity index (χ3v) is 6.16. The lowest BCUT2D eigenvalue weighted by Crippen LogP contribution is -2.57. The molecule has 0 bridgehead atoms. The second-order valence-electron chi connectivity index (χ2n) is 9.15. The van der Waals surface area contributed by atoms with E-state index < -0.39 is 17.8 Å². The molecule has 188 valence electrons. The standard InChI is InChI=1S/C32H26N2O4/c1-22-17-23(2)19-25(18-22)21-38-28-15-13-24(14-16-28)20-29-30(35)33(26-9-5-3-6-10-26)32(37)34(31(29)36)27-11-7-4-8-12-27/h3-20H,21H2,1-2H3. The van der Waals surface area contributed by atoms with E-state index in [1.54, 1.807) is 84.9 Å². The molecule has 0 radical (unpaired) electrons. The molecule has 4 aromatic carbocycles. The number of anilines is 2. The average molecular weight is 503 g/mol. The molecule has 5 rings (SSSR count). The van der Waals surface area contributed by atoms with Crippen LogP contribution in [0.5, 0.6) is 5.75 Å². The second-order valence-corrected chi connectivity index (χ2v) is 9.15. The lowest BCUT2D eigenvalue weighted by molar-refractivity contribution is -0.121. The Kier molecular flexibility index (Phi) is 6.87. The number of hydrogen-bond donors (Lipinski definition) is 0. The van der Waals surface area contributed by atoms with Crippen LogP contribution in [-0.4, -0.2) is 17.8 Å². The molecule has 6 nitrogen and oxygen atoms in total. The number of imide groups is 2. The number of nitrogens with zero attached hydrogens (tertiary/aromatic N) is 2. The first-order valence-corrected chi connectivity index (χ1v) is 12.3. The summed E-state index contributed by atoms with van der Waals surface area (Å²) in [4.78, 5) is 42.4. The van der Waals surface area contributed by atoms with E-state index in [1.807, 2.05) is 0 Å². The second kappa shape index (κ2) is 10.6. The predicted octanol–water partition coefficient (Wildman–Crippen LogP) is 6.47. The van der Waals surface area contributed by atoms with Gasteiger partial charge in [-0.1, -0.05) is 77.9 Å². The maximum absolute atomic E-state index is 13.5. The Balaban J connectivity index is 1.44. The molecule has 0 spiro atoms. The van der Waals surface area contributed by atoms with E-state index >= 15 is 0 Å². The molecular weight excluding hydrogens is 476 g/mol. The summed E-state index contributed by atoms with van der Waals surface area (Å²) < 4.78 is 5.94. The molecular formula is C32H26N2O4. The third-order valence-electron chi connectivity index (χ3n) is 6.16. The molecule has 1 heterocycles. The monoisotopic (exact) mass is 502 g/mol. The summed E-state index contributed by atoms with van der Waals surface area (Å²) in [7, 11) is 0. The normalized spacial score (nSPS) is 13.6. The number of amides is 4. The van der Waals surface area contributed by atoms with Crippen molar-refractivity contribution in [2.45, 2.75) is 20.5 Å². The van der Waals surface area contributed by atoms with E-state index in [-0.39, 0.29) is 5.57 Å². The van der Waals surface area contributed by atoms with Gasteiger partial charge in [-0.2, -0.15) is 0 Å². The van der Waals surface area contributed by atoms with Crippen LogP contribution in [0.4, 0.5) is 16.2 Å². The van der Waals surface area contributed by atoms with Gasteiger partial charge < -0.3 is 4.74 Å². The lowest BCUT2D eigenvalue weighted by atomic mass is 10.0. The number of ether oxygens (including phenoxy) is 1. The highest BCUT2D eigenvalue weighted by Crippen LogP contribution is 2.29. The molecule has 0 unspecified atom stereocenters. The summed E-state index contributed by atoms with van der Waals surface area (Å²) in [5.74, 6) is -0.679. The van der Waals surface area contributed by atoms with Gasteiger partial charge in [0.15, 0.2) is 0 Å². The molecule has 4 amide bonds. The van der Waals surface area contributed by atoms with E-state index in [4.69, 9.17) is 4.74 Å². The van der Waals surface area contributed by atoms with Gasteiger partial charge >= 0.3 is 6.03 Å². The summed E-state index contributed by atoms with van der Waals surface area (Å²) in [6.45, 7) is 4.54. The Morgan fingerprint density at radius 2 is 1.16 bits per heavy atom. The fourth-order valence-electron chi connectivity index (χ4n) is 4.49. The van der Waals surface area contributed by atoms with Crippen LogP contribution in [0.15, 0.2) is 109 Å². The number of carbonyl (C=O) groups is 3. The van der Waals surface area contributed by atoms with Crippen molar-refractivity contribution in [3.05, 3.63) is 131 Å². The maximum Gasteiger partial charge on any atom is 0.343 e.